The van der Waals surface area contributed by atoms with Crippen molar-refractivity contribution in [3.8, 4) is 0 Å². The van der Waals surface area contributed by atoms with Crippen molar-refractivity contribution in [1.29, 1.82) is 0 Å². The van der Waals surface area contributed by atoms with Crippen LogP contribution in [0.1, 0.15) is 30.9 Å². The molecule has 4 nitrogen and oxygen atoms in total. The SMILES string of the molecule is Cc1cccc([N+](=O)[O-])c1[C@@H]1[C@@H](N)C1(C)C. The van der Waals surface area contributed by atoms with Gasteiger partial charge in [-0.05, 0) is 17.9 Å². The van der Waals surface area contributed by atoms with E-state index in [1.165, 1.54) is 0 Å². The van der Waals surface area contributed by atoms with E-state index in [1.54, 1.807) is 12.1 Å². The Hall–Kier alpha value is -1.42. The first-order chi connectivity index (χ1) is 7.37. The Kier molecular flexibility index (Phi) is 2.27. The van der Waals surface area contributed by atoms with E-state index in [1.807, 2.05) is 13.0 Å². The van der Waals surface area contributed by atoms with Crippen LogP contribution >= 0.6 is 0 Å². The normalized spacial score (nSPS) is 26.5. The maximum atomic E-state index is 11.0. The number of nitrogens with zero attached hydrogens (tertiary/aromatic N) is 1. The van der Waals surface area contributed by atoms with E-state index in [4.69, 9.17) is 5.73 Å². The van der Waals surface area contributed by atoms with E-state index in [-0.39, 0.29) is 28.0 Å². The van der Waals surface area contributed by atoms with Crippen molar-refractivity contribution >= 4 is 5.69 Å². The highest BCUT2D eigenvalue weighted by atomic mass is 16.6. The van der Waals surface area contributed by atoms with Crippen LogP contribution in [0.3, 0.4) is 0 Å². The Morgan fingerprint density at radius 1 is 1.44 bits per heavy atom. The minimum Gasteiger partial charge on any atom is -0.327 e. The van der Waals surface area contributed by atoms with Crippen molar-refractivity contribution in [2.75, 3.05) is 0 Å². The number of nitro benzene ring substituents is 1. The van der Waals surface area contributed by atoms with E-state index in [0.29, 0.717) is 0 Å². The molecule has 0 spiro atoms. The lowest BCUT2D eigenvalue weighted by Crippen LogP contribution is -2.07. The quantitative estimate of drug-likeness (QED) is 0.614. The molecule has 1 aromatic carbocycles. The summed E-state index contributed by atoms with van der Waals surface area (Å²) in [4.78, 5) is 10.7. The van der Waals surface area contributed by atoms with Crippen LogP contribution < -0.4 is 5.73 Å². The molecule has 0 unspecified atom stereocenters. The first-order valence-corrected chi connectivity index (χ1v) is 5.37. The molecule has 0 bridgehead atoms. The Morgan fingerprint density at radius 3 is 2.44 bits per heavy atom. The Morgan fingerprint density at radius 2 is 2.00 bits per heavy atom. The molecule has 2 atom stereocenters. The highest BCUT2D eigenvalue weighted by Gasteiger charge is 2.58. The Balaban J connectivity index is 2.53. The van der Waals surface area contributed by atoms with Crippen molar-refractivity contribution in [3.63, 3.8) is 0 Å². The maximum Gasteiger partial charge on any atom is 0.273 e. The third-order valence-electron chi connectivity index (χ3n) is 3.72. The molecule has 1 aliphatic rings. The predicted octanol–water partition coefficient (Wildman–Crippen LogP) is 2.35. The maximum absolute atomic E-state index is 11.0. The predicted molar refractivity (Wildman–Crippen MR) is 62.3 cm³/mol. The molecule has 1 fully saturated rings. The lowest BCUT2D eigenvalue weighted by molar-refractivity contribution is -0.385. The van der Waals surface area contributed by atoms with Crippen molar-refractivity contribution in [3.05, 3.63) is 39.4 Å². The molecule has 1 saturated carbocycles. The molecule has 4 heteroatoms. The summed E-state index contributed by atoms with van der Waals surface area (Å²) in [6, 6.07) is 5.21. The summed E-state index contributed by atoms with van der Waals surface area (Å²) in [5.41, 5.74) is 7.93. The van der Waals surface area contributed by atoms with Gasteiger partial charge >= 0.3 is 0 Å². The van der Waals surface area contributed by atoms with Crippen LogP contribution in [0.5, 0.6) is 0 Å². The van der Waals surface area contributed by atoms with Crippen LogP contribution in [-0.4, -0.2) is 11.0 Å². The molecule has 0 radical (unpaired) electrons. The largest absolute Gasteiger partial charge is 0.327 e. The fraction of sp³-hybridized carbons (Fsp3) is 0.500. The average molecular weight is 220 g/mol. The summed E-state index contributed by atoms with van der Waals surface area (Å²) in [5, 5.41) is 11.0. The zero-order valence-electron chi connectivity index (χ0n) is 9.73. The summed E-state index contributed by atoms with van der Waals surface area (Å²) < 4.78 is 0. The smallest absolute Gasteiger partial charge is 0.273 e. The molecule has 1 aliphatic carbocycles. The Bertz CT molecular complexity index is 454. The molecular formula is C12H16N2O2. The summed E-state index contributed by atoms with van der Waals surface area (Å²) in [6.07, 6.45) is 0. The molecule has 0 amide bonds. The van der Waals surface area contributed by atoms with E-state index < -0.39 is 0 Å². The molecule has 1 aromatic rings. The standard InChI is InChI=1S/C12H16N2O2/c1-7-5-4-6-8(14(15)16)9(7)10-11(13)12(10,2)3/h4-6,10-11H,13H2,1-3H3/t10-,11-/m1/s1. The lowest BCUT2D eigenvalue weighted by atomic mass is 9.97. The number of hydrogen-bond acceptors (Lipinski definition) is 3. The van der Waals surface area contributed by atoms with E-state index in [0.717, 1.165) is 11.1 Å². The molecule has 0 aliphatic heterocycles. The van der Waals surface area contributed by atoms with Gasteiger partial charge in [0, 0.05) is 23.6 Å². The van der Waals surface area contributed by atoms with Crippen LogP contribution in [0.15, 0.2) is 18.2 Å². The minimum absolute atomic E-state index is 0.0206. The molecule has 2 N–H and O–H groups in total. The van der Waals surface area contributed by atoms with Gasteiger partial charge in [0.05, 0.1) is 4.92 Å². The van der Waals surface area contributed by atoms with E-state index in [2.05, 4.69) is 13.8 Å². The van der Waals surface area contributed by atoms with Crippen molar-refractivity contribution in [1.82, 2.24) is 0 Å². The summed E-state index contributed by atoms with van der Waals surface area (Å²) in [6.45, 7) is 6.01. The van der Waals surface area contributed by atoms with Gasteiger partial charge in [-0.2, -0.15) is 0 Å². The third kappa shape index (κ3) is 1.41. The molecule has 0 heterocycles. The molecule has 0 saturated heterocycles. The van der Waals surface area contributed by atoms with Crippen LogP contribution in [0.25, 0.3) is 0 Å². The lowest BCUT2D eigenvalue weighted by Gasteiger charge is -2.07. The monoisotopic (exact) mass is 220 g/mol. The van der Waals surface area contributed by atoms with Gasteiger partial charge < -0.3 is 5.73 Å². The third-order valence-corrected chi connectivity index (χ3v) is 3.72. The van der Waals surface area contributed by atoms with Crippen LogP contribution in [0.2, 0.25) is 0 Å². The van der Waals surface area contributed by atoms with Crippen LogP contribution in [0, 0.1) is 22.5 Å². The van der Waals surface area contributed by atoms with Crippen molar-refractivity contribution < 1.29 is 4.92 Å². The van der Waals surface area contributed by atoms with Gasteiger partial charge in [0.15, 0.2) is 0 Å². The topological polar surface area (TPSA) is 69.2 Å². The number of benzene rings is 1. The average Bonchev–Trinajstić information content (AvgIpc) is 2.66. The van der Waals surface area contributed by atoms with Gasteiger partial charge in [0.2, 0.25) is 0 Å². The first kappa shape index (κ1) is 11.1. The van der Waals surface area contributed by atoms with Gasteiger partial charge in [0.1, 0.15) is 0 Å². The summed E-state index contributed by atoms with van der Waals surface area (Å²) in [5.74, 6) is 0.106. The molecule has 2 rings (SSSR count). The highest BCUT2D eigenvalue weighted by molar-refractivity contribution is 5.52. The molecule has 16 heavy (non-hydrogen) atoms. The van der Waals surface area contributed by atoms with Gasteiger partial charge in [-0.25, -0.2) is 0 Å². The number of hydrogen-bond donors (Lipinski definition) is 1. The number of nitro groups is 1. The summed E-state index contributed by atoms with van der Waals surface area (Å²) in [7, 11) is 0. The second-order valence-electron chi connectivity index (χ2n) is 5.09. The summed E-state index contributed by atoms with van der Waals surface area (Å²) >= 11 is 0. The van der Waals surface area contributed by atoms with Crippen LogP contribution in [0.4, 0.5) is 5.69 Å². The van der Waals surface area contributed by atoms with E-state index in [9.17, 15) is 10.1 Å². The number of nitrogens with two attached hydrogens (primary N) is 1. The zero-order chi connectivity index (χ0) is 12.1. The molecule has 86 valence electrons. The minimum atomic E-state index is -0.316. The fourth-order valence-corrected chi connectivity index (χ4v) is 2.46. The van der Waals surface area contributed by atoms with Gasteiger partial charge in [0.25, 0.3) is 5.69 Å². The Labute approximate surface area is 94.6 Å². The number of aryl methyl sites for hydroxylation is 1. The van der Waals surface area contributed by atoms with Gasteiger partial charge in [-0.1, -0.05) is 26.0 Å². The first-order valence-electron chi connectivity index (χ1n) is 5.37. The second kappa shape index (κ2) is 3.28. The second-order valence-corrected chi connectivity index (χ2v) is 5.09. The van der Waals surface area contributed by atoms with Gasteiger partial charge in [-0.3, -0.25) is 10.1 Å². The van der Waals surface area contributed by atoms with Gasteiger partial charge in [-0.15, -0.1) is 0 Å². The van der Waals surface area contributed by atoms with E-state index >= 15 is 0 Å². The fourth-order valence-electron chi connectivity index (χ4n) is 2.46. The van der Waals surface area contributed by atoms with Crippen molar-refractivity contribution in [2.45, 2.75) is 32.7 Å². The highest BCUT2D eigenvalue weighted by Crippen LogP contribution is 2.59. The zero-order valence-corrected chi connectivity index (χ0v) is 9.73. The van der Waals surface area contributed by atoms with Crippen molar-refractivity contribution in [2.24, 2.45) is 11.1 Å². The molecular weight excluding hydrogens is 204 g/mol. The van der Waals surface area contributed by atoms with Crippen LogP contribution in [-0.2, 0) is 0 Å². The molecule has 0 aromatic heterocycles. The number of rotatable bonds is 2.